The first-order chi connectivity index (χ1) is 6.29. The highest BCUT2D eigenvalue weighted by atomic mass is 79.9. The van der Waals surface area contributed by atoms with Crippen molar-refractivity contribution in [3.63, 3.8) is 0 Å². The van der Waals surface area contributed by atoms with Crippen molar-refractivity contribution >= 4 is 28.6 Å². The molecule has 1 aromatic carbocycles. The Morgan fingerprint density at radius 3 is 2.54 bits per heavy atom. The monoisotopic (exact) mass is 256 g/mol. The third kappa shape index (κ3) is 1.57. The van der Waals surface area contributed by atoms with Gasteiger partial charge in [-0.15, -0.1) is 0 Å². The standard InChI is InChI=1S/C8H5BrN2OS/c9-7-8(13)12-10-11(7)6-4-2-1-3-5-6/h1-5H. The number of hydrogen-bond donors (Lipinski definition) is 0. The molecule has 0 aliphatic heterocycles. The van der Waals surface area contributed by atoms with Gasteiger partial charge in [0.05, 0.1) is 0 Å². The van der Waals surface area contributed by atoms with Crippen LogP contribution in [0.2, 0.25) is 0 Å². The average Bonchev–Trinajstić information content (AvgIpc) is 2.49. The van der Waals surface area contributed by atoms with Crippen molar-refractivity contribution in [1.29, 1.82) is 0 Å². The van der Waals surface area contributed by atoms with Crippen LogP contribution in [-0.4, -0.2) is 5.27 Å². The van der Waals surface area contributed by atoms with Crippen LogP contribution in [0.1, 0.15) is 0 Å². The fraction of sp³-hybridized carbons (Fsp3) is 0. The first kappa shape index (κ1) is 8.65. The summed E-state index contributed by atoms with van der Waals surface area (Å²) in [6.07, 6.45) is 0. The summed E-state index contributed by atoms with van der Waals surface area (Å²) in [5.74, 6) is 0. The summed E-state index contributed by atoms with van der Waals surface area (Å²) in [6.45, 7) is 0. The highest BCUT2D eigenvalue weighted by Gasteiger charge is 2.16. The Bertz CT molecular complexity index is 415. The summed E-state index contributed by atoms with van der Waals surface area (Å²) in [5.41, 5.74) is 0.911. The zero-order valence-electron chi connectivity index (χ0n) is 6.48. The third-order valence-corrected chi connectivity index (χ3v) is 2.79. The Hall–Kier alpha value is -0.940. The minimum absolute atomic E-state index is 0.351. The van der Waals surface area contributed by atoms with Crippen LogP contribution in [0.25, 0.3) is 5.69 Å². The van der Waals surface area contributed by atoms with Crippen LogP contribution in [0.15, 0.2) is 44.6 Å². The van der Waals surface area contributed by atoms with Crippen molar-refractivity contribution in [2.75, 3.05) is 0 Å². The molecule has 0 radical (unpaired) electrons. The molecule has 0 saturated heterocycles. The van der Waals surface area contributed by atoms with Gasteiger partial charge in [0.15, 0.2) is 0 Å². The molecule has 0 aliphatic rings. The molecule has 2 aromatic rings. The van der Waals surface area contributed by atoms with Gasteiger partial charge in [-0.2, -0.15) is 0 Å². The summed E-state index contributed by atoms with van der Waals surface area (Å²) in [5, 5.41) is 4.13. The second-order valence-corrected chi connectivity index (χ2v) is 3.52. The molecular weight excluding hydrogens is 252 g/mol. The lowest BCUT2D eigenvalue weighted by Gasteiger charge is -1.89. The molecule has 0 fully saturated rings. The third-order valence-electron chi connectivity index (χ3n) is 1.56. The Morgan fingerprint density at radius 2 is 2.00 bits per heavy atom. The lowest BCUT2D eigenvalue weighted by Crippen LogP contribution is -2.33. The van der Waals surface area contributed by atoms with Gasteiger partial charge in [-0.25, -0.2) is 0 Å². The lowest BCUT2D eigenvalue weighted by molar-refractivity contribution is -0.680. The molecule has 0 amide bonds. The van der Waals surface area contributed by atoms with E-state index in [9.17, 15) is 0 Å². The Labute approximate surface area is 88.9 Å². The van der Waals surface area contributed by atoms with Crippen LogP contribution in [-0.2, 0) is 12.6 Å². The van der Waals surface area contributed by atoms with Gasteiger partial charge in [-0.1, -0.05) is 18.2 Å². The van der Waals surface area contributed by atoms with Gasteiger partial charge in [0.2, 0.25) is 11.0 Å². The number of rotatable bonds is 1. The summed E-state index contributed by atoms with van der Waals surface area (Å²) in [7, 11) is 0. The fourth-order valence-corrected chi connectivity index (χ4v) is 1.43. The normalized spacial score (nSPS) is 10.2. The number of para-hydroxylation sites is 1. The molecule has 0 unspecified atom stereocenters. The van der Waals surface area contributed by atoms with Crippen molar-refractivity contribution in [1.82, 2.24) is 5.27 Å². The van der Waals surface area contributed by atoms with Gasteiger partial charge in [0.25, 0.3) is 0 Å². The second kappa shape index (κ2) is 3.43. The van der Waals surface area contributed by atoms with Gasteiger partial charge in [-0.3, -0.25) is 0 Å². The molecule has 1 heterocycles. The van der Waals surface area contributed by atoms with E-state index in [1.807, 2.05) is 30.3 Å². The average molecular weight is 257 g/mol. The van der Waals surface area contributed by atoms with Gasteiger partial charge >= 0.3 is 4.60 Å². The molecule has 5 heteroatoms. The molecular formula is C8H5BrN2OS. The van der Waals surface area contributed by atoms with E-state index in [0.29, 0.717) is 9.70 Å². The van der Waals surface area contributed by atoms with E-state index < -0.39 is 0 Å². The van der Waals surface area contributed by atoms with E-state index in [1.54, 1.807) is 4.68 Å². The molecule has 66 valence electrons. The zero-order chi connectivity index (χ0) is 9.26. The quantitative estimate of drug-likeness (QED) is 0.574. The van der Waals surface area contributed by atoms with Crippen molar-refractivity contribution < 1.29 is 9.20 Å². The number of aromatic nitrogens is 2. The summed E-state index contributed by atoms with van der Waals surface area (Å²) >= 11 is 8.17. The van der Waals surface area contributed by atoms with Crippen LogP contribution in [0, 0.1) is 0 Å². The maximum absolute atomic E-state index is 4.88. The smallest absolute Gasteiger partial charge is 0.301 e. The number of benzene rings is 1. The van der Waals surface area contributed by atoms with Crippen LogP contribution < -0.4 is 4.68 Å². The van der Waals surface area contributed by atoms with Gasteiger partial charge in [-0.05, 0) is 4.68 Å². The fourth-order valence-electron chi connectivity index (χ4n) is 0.968. The zero-order valence-corrected chi connectivity index (χ0v) is 8.88. The van der Waals surface area contributed by atoms with E-state index in [-0.39, 0.29) is 0 Å². The molecule has 0 spiro atoms. The van der Waals surface area contributed by atoms with Crippen LogP contribution in [0.3, 0.4) is 0 Å². The van der Waals surface area contributed by atoms with Gasteiger partial charge in [0, 0.05) is 28.1 Å². The van der Waals surface area contributed by atoms with E-state index in [2.05, 4.69) is 21.2 Å². The lowest BCUT2D eigenvalue weighted by atomic mass is 10.3. The maximum atomic E-state index is 4.88. The molecule has 2 rings (SSSR count). The number of halogens is 1. The molecule has 1 aromatic heterocycles. The van der Waals surface area contributed by atoms with Gasteiger partial charge in [0.1, 0.15) is 5.09 Å². The van der Waals surface area contributed by atoms with Crippen molar-refractivity contribution in [2.24, 2.45) is 0 Å². The molecule has 0 N–H and O–H groups in total. The molecule has 0 saturated carbocycles. The molecule has 0 aliphatic carbocycles. The Morgan fingerprint density at radius 1 is 1.31 bits per heavy atom. The SMILES string of the molecule is [S-]c1on[n+](-c2ccccc2)c1Br. The van der Waals surface area contributed by atoms with Gasteiger partial charge < -0.3 is 17.2 Å². The molecule has 13 heavy (non-hydrogen) atoms. The minimum Gasteiger partial charge on any atom is -0.732 e. The van der Waals surface area contributed by atoms with Crippen LogP contribution in [0.4, 0.5) is 0 Å². The maximum Gasteiger partial charge on any atom is 0.301 e. The van der Waals surface area contributed by atoms with Crippen molar-refractivity contribution in [2.45, 2.75) is 5.09 Å². The molecule has 0 bridgehead atoms. The summed E-state index contributed by atoms with van der Waals surface area (Å²) in [6, 6.07) is 9.62. The Balaban J connectivity index is 2.53. The van der Waals surface area contributed by atoms with E-state index >= 15 is 0 Å². The number of nitrogens with zero attached hydrogens (tertiary/aromatic N) is 2. The van der Waals surface area contributed by atoms with Crippen molar-refractivity contribution in [3.8, 4) is 5.69 Å². The molecule has 3 nitrogen and oxygen atoms in total. The van der Waals surface area contributed by atoms with E-state index in [4.69, 9.17) is 17.2 Å². The second-order valence-electron chi connectivity index (χ2n) is 2.40. The predicted octanol–water partition coefficient (Wildman–Crippen LogP) is 1.62. The largest absolute Gasteiger partial charge is 0.732 e. The Kier molecular flexibility index (Phi) is 2.28. The predicted molar refractivity (Wildman–Crippen MR) is 51.4 cm³/mol. The van der Waals surface area contributed by atoms with Crippen LogP contribution in [0.5, 0.6) is 0 Å². The van der Waals surface area contributed by atoms with E-state index in [1.165, 1.54) is 0 Å². The van der Waals surface area contributed by atoms with E-state index in [0.717, 1.165) is 5.69 Å². The minimum atomic E-state index is 0.351. The first-order valence-electron chi connectivity index (χ1n) is 3.59. The topological polar surface area (TPSA) is 29.9 Å². The van der Waals surface area contributed by atoms with Crippen molar-refractivity contribution in [3.05, 3.63) is 34.9 Å². The first-order valence-corrected chi connectivity index (χ1v) is 4.79. The highest BCUT2D eigenvalue weighted by Crippen LogP contribution is 2.11. The number of hydrogen-bond acceptors (Lipinski definition) is 3. The summed E-state index contributed by atoms with van der Waals surface area (Å²) in [4.78, 5) is 0. The highest BCUT2D eigenvalue weighted by molar-refractivity contribution is 9.10. The molecule has 0 atom stereocenters. The van der Waals surface area contributed by atoms with Crippen LogP contribution >= 0.6 is 15.9 Å². The summed E-state index contributed by atoms with van der Waals surface area (Å²) < 4.78 is 7.09.